The van der Waals surface area contributed by atoms with Crippen LogP contribution in [0.2, 0.25) is 0 Å². The second-order valence-electron chi connectivity index (χ2n) is 7.75. The summed E-state index contributed by atoms with van der Waals surface area (Å²) in [5, 5.41) is 3.18. The number of hydrogen-bond donors (Lipinski definition) is 1. The van der Waals surface area contributed by atoms with Crippen molar-refractivity contribution in [3.63, 3.8) is 0 Å². The quantitative estimate of drug-likeness (QED) is 0.724. The van der Waals surface area contributed by atoms with E-state index < -0.39 is 0 Å². The van der Waals surface area contributed by atoms with Gasteiger partial charge < -0.3 is 10.2 Å². The Kier molecular flexibility index (Phi) is 6.71. The van der Waals surface area contributed by atoms with Gasteiger partial charge in [0.2, 0.25) is 11.8 Å². The second-order valence-corrected chi connectivity index (χ2v) is 8.67. The van der Waals surface area contributed by atoms with E-state index in [4.69, 9.17) is 0 Å². The summed E-state index contributed by atoms with van der Waals surface area (Å²) >= 11 is 3.44. The third-order valence-corrected chi connectivity index (χ3v) is 5.80. The summed E-state index contributed by atoms with van der Waals surface area (Å²) in [5.41, 5.74) is 2.18. The Hall–Kier alpha value is -1.66. The molecule has 5 nitrogen and oxygen atoms in total. The molecule has 146 valence electrons. The molecule has 3 rings (SSSR count). The van der Waals surface area contributed by atoms with Gasteiger partial charge in [0, 0.05) is 48.8 Å². The first-order valence-corrected chi connectivity index (χ1v) is 10.4. The minimum Gasteiger partial charge on any atom is -0.353 e. The molecular formula is C21H28BrN3O2. The molecule has 0 radical (unpaired) electrons. The van der Waals surface area contributed by atoms with E-state index in [9.17, 15) is 9.59 Å². The van der Waals surface area contributed by atoms with Crippen molar-refractivity contribution in [1.29, 1.82) is 0 Å². The highest BCUT2D eigenvalue weighted by molar-refractivity contribution is 9.10. The highest BCUT2D eigenvalue weighted by Crippen LogP contribution is 2.27. The fourth-order valence-electron chi connectivity index (χ4n) is 3.67. The molecule has 2 saturated heterocycles. The van der Waals surface area contributed by atoms with E-state index in [1.807, 2.05) is 24.3 Å². The zero-order chi connectivity index (χ0) is 19.4. The molecule has 0 saturated carbocycles. The van der Waals surface area contributed by atoms with Crippen LogP contribution < -0.4 is 10.2 Å². The van der Waals surface area contributed by atoms with Crippen molar-refractivity contribution in [2.75, 3.05) is 31.1 Å². The van der Waals surface area contributed by atoms with Crippen molar-refractivity contribution < 1.29 is 9.59 Å². The number of nitrogens with zero attached hydrogens (tertiary/aromatic N) is 2. The summed E-state index contributed by atoms with van der Waals surface area (Å²) in [6, 6.07) is 7.88. The predicted octanol–water partition coefficient (Wildman–Crippen LogP) is 3.35. The minimum absolute atomic E-state index is 0.0172. The summed E-state index contributed by atoms with van der Waals surface area (Å²) in [5.74, 6) is -0.228. The van der Waals surface area contributed by atoms with Crippen LogP contribution in [0, 0.1) is 5.92 Å². The Morgan fingerprint density at radius 3 is 2.70 bits per heavy atom. The molecule has 1 atom stereocenters. The molecule has 0 bridgehead atoms. The van der Waals surface area contributed by atoms with Crippen LogP contribution in [0.3, 0.4) is 0 Å². The molecule has 0 spiro atoms. The van der Waals surface area contributed by atoms with Gasteiger partial charge in [0.1, 0.15) is 0 Å². The smallest absolute Gasteiger partial charge is 0.227 e. The number of allylic oxidation sites excluding steroid dienone is 1. The van der Waals surface area contributed by atoms with E-state index in [0.717, 1.165) is 42.6 Å². The zero-order valence-electron chi connectivity index (χ0n) is 16.1. The summed E-state index contributed by atoms with van der Waals surface area (Å²) in [6.45, 7) is 7.69. The number of likely N-dealkylation sites (tertiary alicyclic amines) is 1. The monoisotopic (exact) mass is 433 g/mol. The highest BCUT2D eigenvalue weighted by Gasteiger charge is 2.36. The van der Waals surface area contributed by atoms with Gasteiger partial charge in [-0.3, -0.25) is 14.5 Å². The van der Waals surface area contributed by atoms with Crippen LogP contribution in [0.4, 0.5) is 5.69 Å². The van der Waals surface area contributed by atoms with Crippen LogP contribution in [-0.2, 0) is 9.59 Å². The average molecular weight is 434 g/mol. The maximum atomic E-state index is 12.7. The number of carbonyl (C=O) groups excluding carboxylic acids is 2. The van der Waals surface area contributed by atoms with Gasteiger partial charge in [0.15, 0.2) is 0 Å². The summed E-state index contributed by atoms with van der Waals surface area (Å²) in [4.78, 5) is 29.2. The summed E-state index contributed by atoms with van der Waals surface area (Å²) < 4.78 is 0.931. The van der Waals surface area contributed by atoms with Gasteiger partial charge in [-0.1, -0.05) is 33.6 Å². The highest BCUT2D eigenvalue weighted by atomic mass is 79.9. The van der Waals surface area contributed by atoms with E-state index in [0.29, 0.717) is 6.54 Å². The fourth-order valence-corrected chi connectivity index (χ4v) is 4.05. The number of hydrogen-bond acceptors (Lipinski definition) is 3. The van der Waals surface area contributed by atoms with Crippen molar-refractivity contribution in [3.05, 3.63) is 40.4 Å². The average Bonchev–Trinajstić information content (AvgIpc) is 3.03. The lowest BCUT2D eigenvalue weighted by molar-refractivity contribution is -0.127. The van der Waals surface area contributed by atoms with E-state index >= 15 is 0 Å². The van der Waals surface area contributed by atoms with E-state index in [1.54, 1.807) is 4.90 Å². The van der Waals surface area contributed by atoms with Crippen molar-refractivity contribution in [3.8, 4) is 0 Å². The van der Waals surface area contributed by atoms with Gasteiger partial charge in [-0.2, -0.15) is 0 Å². The molecule has 2 aliphatic heterocycles. The summed E-state index contributed by atoms with van der Waals surface area (Å²) in [6.07, 6.45) is 4.48. The number of piperidine rings is 1. The summed E-state index contributed by atoms with van der Waals surface area (Å²) in [7, 11) is 0. The number of benzene rings is 1. The molecular weight excluding hydrogens is 406 g/mol. The molecule has 1 N–H and O–H groups in total. The van der Waals surface area contributed by atoms with E-state index in [-0.39, 0.29) is 30.2 Å². The number of rotatable bonds is 5. The van der Waals surface area contributed by atoms with E-state index in [2.05, 4.69) is 46.1 Å². The molecule has 2 heterocycles. The molecule has 0 aromatic heterocycles. The van der Waals surface area contributed by atoms with Gasteiger partial charge in [-0.25, -0.2) is 0 Å². The Morgan fingerprint density at radius 1 is 1.30 bits per heavy atom. The fraction of sp³-hybridized carbons (Fsp3) is 0.524. The molecule has 2 fully saturated rings. The van der Waals surface area contributed by atoms with Crippen LogP contribution in [-0.4, -0.2) is 48.9 Å². The molecule has 6 heteroatoms. The van der Waals surface area contributed by atoms with Gasteiger partial charge in [-0.05, 0) is 44.9 Å². The maximum Gasteiger partial charge on any atom is 0.227 e. The van der Waals surface area contributed by atoms with Crippen molar-refractivity contribution in [2.24, 2.45) is 5.92 Å². The lowest BCUT2D eigenvalue weighted by Gasteiger charge is -2.32. The third-order valence-electron chi connectivity index (χ3n) is 5.31. The van der Waals surface area contributed by atoms with Crippen LogP contribution in [0.25, 0.3) is 0 Å². The SMILES string of the molecule is CC(C)=CCN1CCC(NC(=O)C2CC(=O)N(c3cccc(Br)c3)C2)CC1. The first-order valence-electron chi connectivity index (χ1n) is 9.64. The van der Waals surface area contributed by atoms with Crippen molar-refractivity contribution in [2.45, 2.75) is 39.2 Å². The molecule has 1 unspecified atom stereocenters. The molecule has 27 heavy (non-hydrogen) atoms. The Morgan fingerprint density at radius 2 is 2.04 bits per heavy atom. The number of anilines is 1. The second kappa shape index (κ2) is 9.02. The molecule has 1 aromatic rings. The third kappa shape index (κ3) is 5.42. The molecule has 2 amide bonds. The molecule has 2 aliphatic rings. The zero-order valence-corrected chi connectivity index (χ0v) is 17.7. The first-order chi connectivity index (χ1) is 12.9. The Labute approximate surface area is 169 Å². The number of halogens is 1. The van der Waals surface area contributed by atoms with Gasteiger partial charge in [0.05, 0.1) is 5.92 Å². The van der Waals surface area contributed by atoms with Gasteiger partial charge in [-0.15, -0.1) is 0 Å². The minimum atomic E-state index is -0.264. The lowest BCUT2D eigenvalue weighted by Crippen LogP contribution is -2.46. The number of nitrogens with one attached hydrogen (secondary N) is 1. The number of carbonyl (C=O) groups is 2. The maximum absolute atomic E-state index is 12.7. The Bertz CT molecular complexity index is 722. The van der Waals surface area contributed by atoms with Gasteiger partial charge in [0.25, 0.3) is 0 Å². The Balaban J connectivity index is 1.49. The largest absolute Gasteiger partial charge is 0.353 e. The normalized spacial score (nSPS) is 21.4. The standard InChI is InChI=1S/C21H28BrN3O2/c1-15(2)6-9-24-10-7-18(8-11-24)23-21(27)16-12-20(26)25(14-16)19-5-3-4-17(22)13-19/h3-6,13,16,18H,7-12,14H2,1-2H3,(H,23,27). The van der Waals surface area contributed by atoms with E-state index in [1.165, 1.54) is 5.57 Å². The van der Waals surface area contributed by atoms with Crippen molar-refractivity contribution >= 4 is 33.4 Å². The van der Waals surface area contributed by atoms with Crippen molar-refractivity contribution in [1.82, 2.24) is 10.2 Å². The van der Waals surface area contributed by atoms with Crippen LogP contribution in [0.5, 0.6) is 0 Å². The van der Waals surface area contributed by atoms with Crippen LogP contribution >= 0.6 is 15.9 Å². The van der Waals surface area contributed by atoms with Crippen LogP contribution in [0.15, 0.2) is 40.4 Å². The first kappa shape index (κ1) is 20.1. The molecule has 0 aliphatic carbocycles. The molecule has 1 aromatic carbocycles. The van der Waals surface area contributed by atoms with Crippen LogP contribution in [0.1, 0.15) is 33.1 Å². The number of amides is 2. The van der Waals surface area contributed by atoms with Gasteiger partial charge >= 0.3 is 0 Å². The lowest BCUT2D eigenvalue weighted by atomic mass is 10.0. The predicted molar refractivity (Wildman–Crippen MR) is 112 cm³/mol. The topological polar surface area (TPSA) is 52.7 Å².